The lowest BCUT2D eigenvalue weighted by molar-refractivity contribution is -0.172. The summed E-state index contributed by atoms with van der Waals surface area (Å²) in [5.74, 6) is -2.07. The zero-order valence-electron chi connectivity index (χ0n) is 20.9. The first kappa shape index (κ1) is 24.9. The average Bonchev–Trinajstić information content (AvgIpc) is 3.30. The topological polar surface area (TPSA) is 103 Å². The van der Waals surface area contributed by atoms with Crippen LogP contribution in [0.5, 0.6) is 0 Å². The van der Waals surface area contributed by atoms with Gasteiger partial charge in [0.25, 0.3) is 5.56 Å². The van der Waals surface area contributed by atoms with Crippen molar-refractivity contribution in [3.63, 3.8) is 0 Å². The molecule has 0 fully saturated rings. The van der Waals surface area contributed by atoms with Crippen LogP contribution in [0.4, 0.5) is 8.78 Å². The summed E-state index contributed by atoms with van der Waals surface area (Å²) in [6, 6.07) is 12.5. The van der Waals surface area contributed by atoms with Crippen molar-refractivity contribution in [2.45, 2.75) is 38.5 Å². The van der Waals surface area contributed by atoms with Crippen LogP contribution in [0, 0.1) is 11.6 Å². The number of aromatic nitrogens is 2. The molecule has 0 aliphatic carbocycles. The number of ether oxygens (including phenoxy) is 1. The van der Waals surface area contributed by atoms with Gasteiger partial charge in [0.05, 0.1) is 35.2 Å². The highest BCUT2D eigenvalue weighted by molar-refractivity contribution is 6.02. The van der Waals surface area contributed by atoms with Crippen molar-refractivity contribution >= 4 is 23.1 Å². The first-order valence-electron chi connectivity index (χ1n) is 12.5. The Bertz CT molecular complexity index is 1750. The number of fused-ring (bicyclic) bond motifs is 5. The zero-order valence-corrected chi connectivity index (χ0v) is 20.9. The molecule has 0 radical (unpaired) electrons. The van der Waals surface area contributed by atoms with E-state index in [4.69, 9.17) is 14.6 Å². The smallest absolute Gasteiger partial charge is 0.343 e. The number of hydrogen-bond donors (Lipinski definition) is 1. The third kappa shape index (κ3) is 3.99. The van der Waals surface area contributed by atoms with Crippen molar-refractivity contribution in [2.75, 3.05) is 6.61 Å². The number of hydrogen-bond acceptors (Lipinski definition) is 7. The second-order valence-corrected chi connectivity index (χ2v) is 9.53. The molecule has 1 atom stereocenters. The highest BCUT2D eigenvalue weighted by atomic mass is 19.1. The minimum atomic E-state index is -1.91. The van der Waals surface area contributed by atoms with Gasteiger partial charge in [-0.1, -0.05) is 36.3 Å². The molecular weight excluding hydrogens is 508 g/mol. The van der Waals surface area contributed by atoms with Crippen LogP contribution in [0.3, 0.4) is 0 Å². The maximum atomic E-state index is 13.9. The van der Waals surface area contributed by atoms with Crippen molar-refractivity contribution in [2.24, 2.45) is 5.16 Å². The number of carbonyl (C=O) groups excluding carboxylic acids is 1. The van der Waals surface area contributed by atoms with E-state index in [1.54, 1.807) is 17.6 Å². The third-order valence-corrected chi connectivity index (χ3v) is 7.37. The lowest BCUT2D eigenvalue weighted by Gasteiger charge is -2.31. The van der Waals surface area contributed by atoms with Gasteiger partial charge in [-0.15, -0.1) is 0 Å². The molecule has 39 heavy (non-hydrogen) atoms. The lowest BCUT2D eigenvalue weighted by atomic mass is 9.86. The molecule has 10 heteroatoms. The number of halogens is 2. The second kappa shape index (κ2) is 9.39. The van der Waals surface area contributed by atoms with Crippen molar-refractivity contribution in [1.82, 2.24) is 9.55 Å². The molecule has 0 amide bonds. The summed E-state index contributed by atoms with van der Waals surface area (Å²) >= 11 is 0. The van der Waals surface area contributed by atoms with Crippen LogP contribution < -0.4 is 5.56 Å². The van der Waals surface area contributed by atoms with E-state index >= 15 is 0 Å². The maximum absolute atomic E-state index is 13.9. The van der Waals surface area contributed by atoms with Gasteiger partial charge >= 0.3 is 5.97 Å². The number of pyridine rings is 2. The maximum Gasteiger partial charge on any atom is 0.343 e. The standard InChI is InChI=1S/C29H23F2N3O5/c1-2-29(37)22-12-25-26-20(14-34(25)27(35)21(22)15-38-28(29)36)19(18-5-3-4-6-24(18)33-26)13-32-39-10-9-16-7-8-17(30)11-23(16)31/h3-8,11-13,37H,2,9-10,14-15H2,1H3/t29-/m0/s1. The van der Waals surface area contributed by atoms with Gasteiger partial charge < -0.3 is 19.2 Å². The molecular formula is C29H23F2N3O5. The number of aliphatic hydroxyl groups is 1. The first-order chi connectivity index (χ1) is 18.8. The highest BCUT2D eigenvalue weighted by Crippen LogP contribution is 2.39. The number of nitrogens with zero attached hydrogens (tertiary/aromatic N) is 3. The summed E-state index contributed by atoms with van der Waals surface area (Å²) < 4.78 is 33.7. The molecule has 2 aromatic heterocycles. The predicted octanol–water partition coefficient (Wildman–Crippen LogP) is 3.95. The number of para-hydroxylation sites is 1. The first-order valence-corrected chi connectivity index (χ1v) is 12.5. The van der Waals surface area contributed by atoms with Gasteiger partial charge in [-0.25, -0.2) is 18.6 Å². The minimum absolute atomic E-state index is 0.0524. The Hall–Kier alpha value is -4.44. The fourth-order valence-electron chi connectivity index (χ4n) is 5.23. The number of carbonyl (C=O) groups is 1. The van der Waals surface area contributed by atoms with Crippen LogP contribution in [0.25, 0.3) is 22.3 Å². The van der Waals surface area contributed by atoms with Crippen LogP contribution in [0.2, 0.25) is 0 Å². The van der Waals surface area contributed by atoms with E-state index in [2.05, 4.69) is 5.16 Å². The Kier molecular flexibility index (Phi) is 5.99. The summed E-state index contributed by atoms with van der Waals surface area (Å²) in [4.78, 5) is 36.1. The fourth-order valence-corrected chi connectivity index (χ4v) is 5.23. The van der Waals surface area contributed by atoms with Crippen LogP contribution in [-0.2, 0) is 39.5 Å². The Labute approximate surface area is 221 Å². The molecule has 0 unspecified atom stereocenters. The van der Waals surface area contributed by atoms with Gasteiger partial charge in [-0.2, -0.15) is 0 Å². The molecule has 198 valence electrons. The van der Waals surface area contributed by atoms with Crippen LogP contribution >= 0.6 is 0 Å². The molecule has 0 bridgehead atoms. The molecule has 8 nitrogen and oxygen atoms in total. The van der Waals surface area contributed by atoms with Gasteiger partial charge in [-0.3, -0.25) is 4.79 Å². The minimum Gasteiger partial charge on any atom is -0.458 e. The summed E-state index contributed by atoms with van der Waals surface area (Å²) in [7, 11) is 0. The molecule has 0 saturated carbocycles. The highest BCUT2D eigenvalue weighted by Gasteiger charge is 2.45. The molecule has 2 aromatic carbocycles. The predicted molar refractivity (Wildman–Crippen MR) is 138 cm³/mol. The number of cyclic esters (lactones) is 1. The van der Waals surface area contributed by atoms with Crippen LogP contribution in [0.15, 0.2) is 58.5 Å². The molecule has 2 aliphatic heterocycles. The van der Waals surface area contributed by atoms with E-state index < -0.39 is 23.2 Å². The molecule has 0 saturated heterocycles. The van der Waals surface area contributed by atoms with Crippen molar-refractivity contribution in [1.29, 1.82) is 0 Å². The molecule has 2 aliphatic rings. The number of esters is 1. The lowest BCUT2D eigenvalue weighted by Crippen LogP contribution is -2.44. The zero-order chi connectivity index (χ0) is 27.3. The van der Waals surface area contributed by atoms with Gasteiger partial charge in [0.1, 0.15) is 24.8 Å². The van der Waals surface area contributed by atoms with E-state index in [0.29, 0.717) is 28.0 Å². The van der Waals surface area contributed by atoms with Crippen molar-refractivity contribution in [3.8, 4) is 11.4 Å². The fraction of sp³-hybridized carbons (Fsp3) is 0.241. The van der Waals surface area contributed by atoms with Crippen LogP contribution in [0.1, 0.15) is 41.2 Å². The quantitative estimate of drug-likeness (QED) is 0.154. The van der Waals surface area contributed by atoms with Crippen LogP contribution in [-0.4, -0.2) is 33.4 Å². The molecule has 4 aromatic rings. The SMILES string of the molecule is CC[C@@]1(O)C(=O)OCc2c1cc1n(c2=O)Cc2c-1nc1ccccc1c2C=NOCCc1ccc(F)cc1F. The van der Waals surface area contributed by atoms with E-state index in [1.807, 2.05) is 24.3 Å². The van der Waals surface area contributed by atoms with E-state index in [0.717, 1.165) is 17.0 Å². The normalized spacial score (nSPS) is 17.7. The van der Waals surface area contributed by atoms with Crippen molar-refractivity contribution < 1.29 is 28.3 Å². The Balaban J connectivity index is 1.38. The number of oxime groups is 1. The largest absolute Gasteiger partial charge is 0.458 e. The summed E-state index contributed by atoms with van der Waals surface area (Å²) in [5, 5.41) is 16.0. The Morgan fingerprint density at radius 2 is 2.00 bits per heavy atom. The summed E-state index contributed by atoms with van der Waals surface area (Å²) in [6.07, 6.45) is 1.79. The van der Waals surface area contributed by atoms with Gasteiger partial charge in [-0.05, 0) is 30.2 Å². The second-order valence-electron chi connectivity index (χ2n) is 9.53. The molecule has 6 rings (SSSR count). The van der Waals surface area contributed by atoms with Crippen molar-refractivity contribution in [3.05, 3.63) is 98.3 Å². The Morgan fingerprint density at radius 3 is 2.79 bits per heavy atom. The van der Waals surface area contributed by atoms with Gasteiger partial charge in [0, 0.05) is 34.6 Å². The number of rotatable bonds is 6. The van der Waals surface area contributed by atoms with E-state index in [-0.39, 0.29) is 49.3 Å². The molecule has 4 heterocycles. The summed E-state index contributed by atoms with van der Waals surface area (Å²) in [6.45, 7) is 1.72. The van der Waals surface area contributed by atoms with Gasteiger partial charge in [0.15, 0.2) is 5.60 Å². The monoisotopic (exact) mass is 531 g/mol. The average molecular weight is 532 g/mol. The molecule has 0 spiro atoms. The third-order valence-electron chi connectivity index (χ3n) is 7.37. The van der Waals surface area contributed by atoms with Gasteiger partial charge in [0.2, 0.25) is 0 Å². The molecule has 1 N–H and O–H groups in total. The number of benzene rings is 2. The van der Waals surface area contributed by atoms with E-state index in [1.165, 1.54) is 18.3 Å². The Morgan fingerprint density at radius 1 is 1.18 bits per heavy atom. The summed E-state index contributed by atoms with van der Waals surface area (Å²) in [5.41, 5.74) is 1.65. The van der Waals surface area contributed by atoms with E-state index in [9.17, 15) is 23.5 Å².